The maximum atomic E-state index is 11.9. The molecule has 0 saturated carbocycles. The van der Waals surface area contributed by atoms with Gasteiger partial charge in [-0.05, 0) is 23.4 Å². The molecule has 0 atom stereocenters. The number of thioether (sulfide) groups is 1. The first kappa shape index (κ1) is 20.8. The zero-order chi connectivity index (χ0) is 19.5. The Balaban J connectivity index is 2.05. The lowest BCUT2D eigenvalue weighted by molar-refractivity contribution is -0.127. The molecule has 2 aromatic rings. The number of nitrogens with zero attached hydrogens (tertiary/aromatic N) is 4. The van der Waals surface area contributed by atoms with Crippen LogP contribution in [0, 0.1) is 0 Å². The number of guanidine groups is 1. The summed E-state index contributed by atoms with van der Waals surface area (Å²) in [5.41, 5.74) is 2.32. The minimum atomic E-state index is 0.00782. The Kier molecular flexibility index (Phi) is 8.70. The Hall–Kier alpha value is -2.48. The van der Waals surface area contributed by atoms with E-state index in [9.17, 15) is 4.79 Å². The number of hydrogen-bond donors (Lipinski definition) is 2. The van der Waals surface area contributed by atoms with Crippen LogP contribution in [0.2, 0.25) is 0 Å². The lowest BCUT2D eigenvalue weighted by Crippen LogP contribution is -2.43. The van der Waals surface area contributed by atoms with Crippen molar-refractivity contribution in [3.63, 3.8) is 0 Å². The zero-order valence-electron chi connectivity index (χ0n) is 16.2. The summed E-state index contributed by atoms with van der Waals surface area (Å²) in [6.45, 7) is 2.24. The number of aliphatic imine (C=N–C) groups is 1. The highest BCUT2D eigenvalue weighted by Crippen LogP contribution is 2.11. The van der Waals surface area contributed by atoms with E-state index in [1.807, 2.05) is 29.1 Å². The minimum absolute atomic E-state index is 0.00782. The lowest BCUT2D eigenvalue weighted by atomic mass is 10.1. The van der Waals surface area contributed by atoms with E-state index < -0.39 is 0 Å². The molecule has 8 heteroatoms. The van der Waals surface area contributed by atoms with Gasteiger partial charge in [0.15, 0.2) is 5.96 Å². The average Bonchev–Trinajstić information content (AvgIpc) is 3.17. The van der Waals surface area contributed by atoms with Crippen LogP contribution < -0.4 is 10.6 Å². The van der Waals surface area contributed by atoms with Crippen molar-refractivity contribution < 1.29 is 4.79 Å². The van der Waals surface area contributed by atoms with Gasteiger partial charge in [0.25, 0.3) is 0 Å². The van der Waals surface area contributed by atoms with Crippen molar-refractivity contribution >= 4 is 23.6 Å². The highest BCUT2D eigenvalue weighted by Gasteiger charge is 2.07. The van der Waals surface area contributed by atoms with Gasteiger partial charge in [-0.15, -0.1) is 0 Å². The highest BCUT2D eigenvalue weighted by atomic mass is 32.2. The van der Waals surface area contributed by atoms with Crippen LogP contribution in [0.3, 0.4) is 0 Å². The third-order valence-corrected chi connectivity index (χ3v) is 4.53. The van der Waals surface area contributed by atoms with E-state index in [1.165, 1.54) is 5.56 Å². The molecule has 0 aliphatic heterocycles. The van der Waals surface area contributed by atoms with E-state index in [1.54, 1.807) is 37.0 Å². The van der Waals surface area contributed by atoms with Gasteiger partial charge in [0, 0.05) is 38.8 Å². The van der Waals surface area contributed by atoms with E-state index in [-0.39, 0.29) is 12.5 Å². The van der Waals surface area contributed by atoms with Crippen molar-refractivity contribution in [2.45, 2.75) is 13.1 Å². The molecule has 1 amide bonds. The second kappa shape index (κ2) is 11.3. The second-order valence-electron chi connectivity index (χ2n) is 6.20. The van der Waals surface area contributed by atoms with Gasteiger partial charge in [-0.3, -0.25) is 9.48 Å². The Bertz CT molecular complexity index is 730. The number of nitrogens with one attached hydrogen (secondary N) is 2. The number of hydrogen-bond acceptors (Lipinski definition) is 4. The van der Waals surface area contributed by atoms with Crippen molar-refractivity contribution in [3.05, 3.63) is 53.9 Å². The summed E-state index contributed by atoms with van der Waals surface area (Å²) >= 11 is 1.76. The highest BCUT2D eigenvalue weighted by molar-refractivity contribution is 7.98. The first-order valence-electron chi connectivity index (χ1n) is 8.85. The number of aromatic nitrogens is 2. The first-order valence-corrected chi connectivity index (χ1v) is 10.2. The molecule has 1 aromatic heterocycles. The molecule has 0 aliphatic carbocycles. The number of amides is 1. The Morgan fingerprint density at radius 2 is 2.00 bits per heavy atom. The maximum absolute atomic E-state index is 11.9. The Morgan fingerprint density at radius 3 is 2.67 bits per heavy atom. The first-order chi connectivity index (χ1) is 13.1. The third kappa shape index (κ3) is 7.34. The molecule has 0 saturated heterocycles. The van der Waals surface area contributed by atoms with E-state index in [0.717, 1.165) is 17.9 Å². The molecular weight excluding hydrogens is 360 g/mol. The summed E-state index contributed by atoms with van der Waals surface area (Å²) in [4.78, 5) is 18.1. The van der Waals surface area contributed by atoms with Gasteiger partial charge in [0.2, 0.25) is 5.91 Å². The van der Waals surface area contributed by atoms with Gasteiger partial charge in [-0.1, -0.05) is 24.3 Å². The van der Waals surface area contributed by atoms with Crippen LogP contribution in [0.1, 0.15) is 11.1 Å². The van der Waals surface area contributed by atoms with E-state index in [4.69, 9.17) is 0 Å². The van der Waals surface area contributed by atoms with Crippen molar-refractivity contribution in [2.75, 3.05) is 39.2 Å². The molecule has 0 radical (unpaired) electrons. The topological polar surface area (TPSA) is 74.5 Å². The molecule has 0 unspecified atom stereocenters. The molecule has 0 spiro atoms. The maximum Gasteiger partial charge on any atom is 0.241 e. The van der Waals surface area contributed by atoms with Crippen LogP contribution in [0.4, 0.5) is 0 Å². The molecule has 146 valence electrons. The van der Waals surface area contributed by atoms with Crippen molar-refractivity contribution in [2.24, 2.45) is 4.99 Å². The van der Waals surface area contributed by atoms with Crippen LogP contribution in [0.5, 0.6) is 0 Å². The lowest BCUT2D eigenvalue weighted by Gasteiger charge is -2.15. The van der Waals surface area contributed by atoms with Gasteiger partial charge >= 0.3 is 0 Å². The predicted octanol–water partition coefficient (Wildman–Crippen LogP) is 1.42. The van der Waals surface area contributed by atoms with E-state index in [0.29, 0.717) is 19.0 Å². The summed E-state index contributed by atoms with van der Waals surface area (Å²) in [5.74, 6) is 1.62. The summed E-state index contributed by atoms with van der Waals surface area (Å²) < 4.78 is 1.90. The molecule has 0 aliphatic rings. The molecule has 7 nitrogen and oxygen atoms in total. The summed E-state index contributed by atoms with van der Waals surface area (Å²) in [5, 5.41) is 10.7. The molecule has 2 rings (SSSR count). The number of carbonyl (C=O) groups excluding carboxylic acids is 1. The number of carbonyl (C=O) groups is 1. The van der Waals surface area contributed by atoms with Crippen molar-refractivity contribution in [1.82, 2.24) is 25.3 Å². The van der Waals surface area contributed by atoms with Crippen LogP contribution in [-0.4, -0.2) is 65.7 Å². The summed E-state index contributed by atoms with van der Waals surface area (Å²) in [7, 11) is 3.49. The van der Waals surface area contributed by atoms with Gasteiger partial charge < -0.3 is 15.5 Å². The molecule has 1 heterocycles. The van der Waals surface area contributed by atoms with E-state index in [2.05, 4.69) is 39.1 Å². The van der Waals surface area contributed by atoms with Gasteiger partial charge in [-0.2, -0.15) is 16.9 Å². The number of rotatable bonds is 9. The Morgan fingerprint density at radius 1 is 1.22 bits per heavy atom. The average molecular weight is 389 g/mol. The molecule has 1 aromatic carbocycles. The Labute approximate surface area is 165 Å². The fraction of sp³-hybridized carbons (Fsp3) is 0.421. The van der Waals surface area contributed by atoms with Crippen LogP contribution in [-0.2, 0) is 17.9 Å². The zero-order valence-corrected chi connectivity index (χ0v) is 17.0. The largest absolute Gasteiger partial charge is 0.356 e. The van der Waals surface area contributed by atoms with Crippen LogP contribution in [0.15, 0.2) is 47.7 Å². The van der Waals surface area contributed by atoms with Crippen molar-refractivity contribution in [1.29, 1.82) is 0 Å². The molecule has 0 fully saturated rings. The number of benzene rings is 1. The second-order valence-corrected chi connectivity index (χ2v) is 7.18. The quantitative estimate of drug-likeness (QED) is 0.386. The fourth-order valence-corrected chi connectivity index (χ4v) is 2.67. The third-order valence-electron chi connectivity index (χ3n) is 3.92. The SMILES string of the molecule is CSCCNC(=NCc1ccccc1Cn1cccn1)NCC(=O)N(C)C. The monoisotopic (exact) mass is 388 g/mol. The molecule has 2 N–H and O–H groups in total. The van der Waals surface area contributed by atoms with Gasteiger partial charge in [0.05, 0.1) is 19.6 Å². The minimum Gasteiger partial charge on any atom is -0.356 e. The molecule has 0 bridgehead atoms. The van der Waals surface area contributed by atoms with E-state index >= 15 is 0 Å². The van der Waals surface area contributed by atoms with Crippen LogP contribution in [0.25, 0.3) is 0 Å². The summed E-state index contributed by atoms with van der Waals surface area (Å²) in [6.07, 6.45) is 5.79. The molecular formula is C19H28N6OS. The number of likely N-dealkylation sites (N-methyl/N-ethyl adjacent to an activating group) is 1. The molecule has 27 heavy (non-hydrogen) atoms. The normalized spacial score (nSPS) is 11.3. The van der Waals surface area contributed by atoms with Crippen LogP contribution >= 0.6 is 11.8 Å². The van der Waals surface area contributed by atoms with Gasteiger partial charge in [0.1, 0.15) is 0 Å². The predicted molar refractivity (Wildman–Crippen MR) is 112 cm³/mol. The smallest absolute Gasteiger partial charge is 0.241 e. The standard InChI is InChI=1S/C19H28N6OS/c1-24(2)18(26)14-22-19(20-10-12-27-3)21-13-16-7-4-5-8-17(16)15-25-11-6-9-23-25/h4-9,11H,10,12-15H2,1-3H3,(H2,20,21,22). The summed E-state index contributed by atoms with van der Waals surface area (Å²) in [6, 6.07) is 10.1. The fourth-order valence-electron chi connectivity index (χ4n) is 2.36. The van der Waals surface area contributed by atoms with Crippen molar-refractivity contribution in [3.8, 4) is 0 Å². The van der Waals surface area contributed by atoms with Gasteiger partial charge in [-0.25, -0.2) is 4.99 Å².